The molecular weight excluding hydrogens is 344 g/mol. The number of amides is 1. The second-order valence-electron chi connectivity index (χ2n) is 5.06. The Hall–Kier alpha value is -2.37. The molecule has 1 aromatic heterocycles. The van der Waals surface area contributed by atoms with Crippen molar-refractivity contribution in [3.63, 3.8) is 0 Å². The van der Waals surface area contributed by atoms with Crippen LogP contribution >= 0.6 is 22.9 Å². The molecule has 0 spiro atoms. The number of methoxy groups -OCH3 is 1. The highest BCUT2D eigenvalue weighted by molar-refractivity contribution is 7.16. The van der Waals surface area contributed by atoms with Gasteiger partial charge in [-0.05, 0) is 29.8 Å². The van der Waals surface area contributed by atoms with Crippen LogP contribution in [0.15, 0.2) is 53.5 Å². The van der Waals surface area contributed by atoms with E-state index >= 15 is 0 Å². The van der Waals surface area contributed by atoms with Crippen LogP contribution in [0.3, 0.4) is 0 Å². The Kier molecular flexibility index (Phi) is 4.83. The molecule has 1 heterocycles. The molecule has 122 valence electrons. The van der Waals surface area contributed by atoms with Crippen LogP contribution < -0.4 is 9.54 Å². The molecule has 0 saturated heterocycles. The Bertz CT molecular complexity index is 1000. The van der Waals surface area contributed by atoms with Gasteiger partial charge >= 0.3 is 0 Å². The molecule has 3 aromatic rings. The molecule has 4 nitrogen and oxygen atoms in total. The van der Waals surface area contributed by atoms with Crippen molar-refractivity contribution in [2.75, 3.05) is 7.11 Å². The summed E-state index contributed by atoms with van der Waals surface area (Å²) in [6.07, 6.45) is 3.09. The van der Waals surface area contributed by atoms with E-state index in [9.17, 15) is 4.79 Å². The molecule has 1 amide bonds. The zero-order valence-corrected chi connectivity index (χ0v) is 14.8. The molecule has 0 aliphatic rings. The van der Waals surface area contributed by atoms with Crippen LogP contribution in [0.1, 0.15) is 5.56 Å². The summed E-state index contributed by atoms with van der Waals surface area (Å²) in [7, 11) is 3.49. The molecule has 0 radical (unpaired) electrons. The second-order valence-corrected chi connectivity index (χ2v) is 6.47. The fraction of sp³-hybridized carbons (Fsp3) is 0.111. The first-order valence-corrected chi connectivity index (χ1v) is 8.43. The van der Waals surface area contributed by atoms with Crippen LogP contribution in [-0.2, 0) is 11.8 Å². The molecule has 0 unspecified atom stereocenters. The minimum atomic E-state index is -0.337. The highest BCUT2D eigenvalue weighted by Crippen LogP contribution is 2.26. The molecule has 6 heteroatoms. The van der Waals surface area contributed by atoms with E-state index in [0.717, 1.165) is 21.5 Å². The van der Waals surface area contributed by atoms with Crippen LogP contribution in [0.5, 0.6) is 5.75 Å². The summed E-state index contributed by atoms with van der Waals surface area (Å²) in [6.45, 7) is 0. The van der Waals surface area contributed by atoms with Crippen LogP contribution in [0.2, 0.25) is 5.02 Å². The summed E-state index contributed by atoms with van der Waals surface area (Å²) >= 11 is 7.51. The average Bonchev–Trinajstić information content (AvgIpc) is 2.90. The van der Waals surface area contributed by atoms with E-state index in [0.29, 0.717) is 9.82 Å². The van der Waals surface area contributed by atoms with Gasteiger partial charge in [0.1, 0.15) is 11.3 Å². The maximum Gasteiger partial charge on any atom is 0.272 e. The number of thiazole rings is 1. The fourth-order valence-corrected chi connectivity index (χ4v) is 3.58. The van der Waals surface area contributed by atoms with Gasteiger partial charge in [-0.1, -0.05) is 47.2 Å². The van der Waals surface area contributed by atoms with Crippen LogP contribution in [-0.4, -0.2) is 17.6 Å². The van der Waals surface area contributed by atoms with Gasteiger partial charge in [-0.15, -0.1) is 0 Å². The van der Waals surface area contributed by atoms with Gasteiger partial charge in [0, 0.05) is 18.1 Å². The SMILES string of the molecule is COc1cccc2sc(=NC(=O)C=Cc3ccccc3Cl)n(C)c12. The Balaban J connectivity index is 1.97. The molecule has 0 saturated carbocycles. The topological polar surface area (TPSA) is 43.6 Å². The summed E-state index contributed by atoms with van der Waals surface area (Å²) in [4.78, 5) is 16.9. The number of aryl methyl sites for hydroxylation is 1. The monoisotopic (exact) mass is 358 g/mol. The van der Waals surface area contributed by atoms with Crippen molar-refractivity contribution in [2.24, 2.45) is 12.0 Å². The summed E-state index contributed by atoms with van der Waals surface area (Å²) in [5.41, 5.74) is 1.71. The lowest BCUT2D eigenvalue weighted by Gasteiger charge is -2.02. The van der Waals surface area contributed by atoms with Crippen LogP contribution in [0.25, 0.3) is 16.3 Å². The summed E-state index contributed by atoms with van der Waals surface area (Å²) < 4.78 is 8.25. The van der Waals surface area contributed by atoms with E-state index in [1.54, 1.807) is 19.3 Å². The summed E-state index contributed by atoms with van der Waals surface area (Å²) in [5, 5.41) is 0.596. The smallest absolute Gasteiger partial charge is 0.272 e. The highest BCUT2D eigenvalue weighted by Gasteiger charge is 2.08. The third-order valence-electron chi connectivity index (χ3n) is 3.52. The van der Waals surface area contributed by atoms with Crippen molar-refractivity contribution >= 4 is 45.1 Å². The number of hydrogen-bond donors (Lipinski definition) is 0. The number of fused-ring (bicyclic) bond motifs is 1. The van der Waals surface area contributed by atoms with Crippen molar-refractivity contribution in [3.05, 3.63) is 63.9 Å². The molecule has 0 fully saturated rings. The standard InChI is InChI=1S/C18H15ClN2O2S/c1-21-17-14(23-2)8-5-9-15(17)24-18(21)20-16(22)11-10-12-6-3-4-7-13(12)19/h3-11H,1-2H3. The number of carbonyl (C=O) groups excluding carboxylic acids is 1. The lowest BCUT2D eigenvalue weighted by atomic mass is 10.2. The largest absolute Gasteiger partial charge is 0.495 e. The lowest BCUT2D eigenvalue weighted by molar-refractivity contribution is -0.113. The van der Waals surface area contributed by atoms with Crippen LogP contribution in [0.4, 0.5) is 0 Å². The third kappa shape index (κ3) is 3.27. The van der Waals surface area contributed by atoms with Gasteiger partial charge < -0.3 is 9.30 Å². The zero-order chi connectivity index (χ0) is 17.1. The van der Waals surface area contributed by atoms with Gasteiger partial charge in [-0.3, -0.25) is 4.79 Å². The normalized spacial score (nSPS) is 12.2. The summed E-state index contributed by atoms with van der Waals surface area (Å²) in [5.74, 6) is 0.419. The molecule has 0 atom stereocenters. The minimum Gasteiger partial charge on any atom is -0.495 e. The maximum absolute atomic E-state index is 12.1. The molecular formula is C18H15ClN2O2S. The molecule has 0 bridgehead atoms. The Morgan fingerprint density at radius 1 is 1.25 bits per heavy atom. The van der Waals surface area contributed by atoms with Crippen LogP contribution in [0, 0.1) is 0 Å². The first-order chi connectivity index (χ1) is 11.6. The van der Waals surface area contributed by atoms with E-state index in [2.05, 4.69) is 4.99 Å². The molecule has 2 aromatic carbocycles. The van der Waals surface area contributed by atoms with Gasteiger partial charge in [0.05, 0.1) is 11.8 Å². The number of nitrogens with zero attached hydrogens (tertiary/aromatic N) is 2. The first-order valence-electron chi connectivity index (χ1n) is 7.24. The van der Waals surface area contributed by atoms with Gasteiger partial charge in [0.2, 0.25) is 0 Å². The molecule has 24 heavy (non-hydrogen) atoms. The van der Waals surface area contributed by atoms with Crippen molar-refractivity contribution < 1.29 is 9.53 Å². The van der Waals surface area contributed by atoms with E-state index in [-0.39, 0.29) is 5.91 Å². The van der Waals surface area contributed by atoms with Gasteiger partial charge in [0.25, 0.3) is 5.91 Å². The lowest BCUT2D eigenvalue weighted by Crippen LogP contribution is -2.12. The fourth-order valence-electron chi connectivity index (χ4n) is 2.34. The molecule has 3 rings (SSSR count). The second kappa shape index (κ2) is 7.03. The zero-order valence-electron chi connectivity index (χ0n) is 13.2. The Morgan fingerprint density at radius 2 is 2.04 bits per heavy atom. The van der Waals surface area contributed by atoms with E-state index < -0.39 is 0 Å². The van der Waals surface area contributed by atoms with E-state index in [1.807, 2.05) is 48.0 Å². The molecule has 0 N–H and O–H groups in total. The quantitative estimate of drug-likeness (QED) is 0.663. The van der Waals surface area contributed by atoms with E-state index in [4.69, 9.17) is 16.3 Å². The van der Waals surface area contributed by atoms with Gasteiger partial charge in [0.15, 0.2) is 4.80 Å². The predicted octanol–water partition coefficient (Wildman–Crippen LogP) is 4.04. The number of para-hydroxylation sites is 1. The predicted molar refractivity (Wildman–Crippen MR) is 98.4 cm³/mol. The summed E-state index contributed by atoms with van der Waals surface area (Å²) in [6, 6.07) is 13.1. The number of aromatic nitrogens is 1. The maximum atomic E-state index is 12.1. The van der Waals surface area contributed by atoms with Crippen molar-refractivity contribution in [1.82, 2.24) is 4.57 Å². The van der Waals surface area contributed by atoms with Gasteiger partial charge in [-0.25, -0.2) is 0 Å². The number of rotatable bonds is 3. The number of hydrogen-bond acceptors (Lipinski definition) is 3. The number of halogens is 1. The minimum absolute atomic E-state index is 0.337. The van der Waals surface area contributed by atoms with E-state index in [1.165, 1.54) is 17.4 Å². The average molecular weight is 359 g/mol. The van der Waals surface area contributed by atoms with Crippen molar-refractivity contribution in [2.45, 2.75) is 0 Å². The highest BCUT2D eigenvalue weighted by atomic mass is 35.5. The number of benzene rings is 2. The Morgan fingerprint density at radius 3 is 2.79 bits per heavy atom. The molecule has 0 aliphatic heterocycles. The van der Waals surface area contributed by atoms with Crippen molar-refractivity contribution in [1.29, 1.82) is 0 Å². The Labute approximate surface area is 148 Å². The number of ether oxygens (including phenoxy) is 1. The van der Waals surface area contributed by atoms with Crippen molar-refractivity contribution in [3.8, 4) is 5.75 Å². The first kappa shape index (κ1) is 16.5. The number of carbonyl (C=O) groups is 1. The molecule has 0 aliphatic carbocycles. The third-order valence-corrected chi connectivity index (χ3v) is 4.96. The van der Waals surface area contributed by atoms with Gasteiger partial charge in [-0.2, -0.15) is 4.99 Å².